The Morgan fingerprint density at radius 1 is 1.07 bits per heavy atom. The number of hydrogen-bond donors (Lipinski definition) is 1. The summed E-state index contributed by atoms with van der Waals surface area (Å²) in [6.07, 6.45) is 0. The Bertz CT molecular complexity index is 903. The van der Waals surface area contributed by atoms with Crippen LogP contribution in [0, 0.1) is 0 Å². The Kier molecular flexibility index (Phi) is 5.97. The van der Waals surface area contributed by atoms with Gasteiger partial charge in [-0.05, 0) is 42.2 Å². The normalized spacial score (nSPS) is 10.5. The molecule has 0 atom stereocenters. The van der Waals surface area contributed by atoms with Gasteiger partial charge in [-0.3, -0.25) is 10.1 Å². The molecule has 1 heterocycles. The molecule has 1 N–H and O–H groups in total. The Labute approximate surface area is 161 Å². The summed E-state index contributed by atoms with van der Waals surface area (Å²) in [5.74, 6) is 2.10. The van der Waals surface area contributed by atoms with Gasteiger partial charge in [0.2, 0.25) is 5.89 Å². The molecule has 0 aliphatic rings. The molecular formula is C19H19N3O4S. The Balaban J connectivity index is 1.75. The van der Waals surface area contributed by atoms with E-state index in [1.807, 2.05) is 12.1 Å². The SMILES string of the molecule is CCSc1ccc(C(=O)Nc2nnc(-c3cc(OC)cc(OC)c3)o2)cc1. The molecule has 3 aromatic rings. The highest BCUT2D eigenvalue weighted by molar-refractivity contribution is 7.99. The van der Waals surface area contributed by atoms with Gasteiger partial charge < -0.3 is 13.9 Å². The molecule has 7 nitrogen and oxygen atoms in total. The van der Waals surface area contributed by atoms with Crippen molar-refractivity contribution < 1.29 is 18.7 Å². The number of nitrogens with one attached hydrogen (secondary N) is 1. The highest BCUT2D eigenvalue weighted by Gasteiger charge is 2.14. The minimum absolute atomic E-state index is 0.0174. The first-order valence-corrected chi connectivity index (χ1v) is 9.22. The van der Waals surface area contributed by atoms with Crippen LogP contribution in [-0.2, 0) is 0 Å². The maximum atomic E-state index is 12.3. The molecule has 0 spiro atoms. The largest absolute Gasteiger partial charge is 0.497 e. The first-order chi connectivity index (χ1) is 13.1. The quantitative estimate of drug-likeness (QED) is 0.612. The van der Waals surface area contributed by atoms with Crippen LogP contribution >= 0.6 is 11.8 Å². The summed E-state index contributed by atoms with van der Waals surface area (Å²) in [6.45, 7) is 2.08. The van der Waals surface area contributed by atoms with Gasteiger partial charge in [0.15, 0.2) is 0 Å². The van der Waals surface area contributed by atoms with Crippen molar-refractivity contribution in [2.24, 2.45) is 0 Å². The molecule has 0 aliphatic carbocycles. The van der Waals surface area contributed by atoms with Gasteiger partial charge in [-0.15, -0.1) is 16.9 Å². The van der Waals surface area contributed by atoms with Crippen LogP contribution in [0.4, 0.5) is 6.01 Å². The van der Waals surface area contributed by atoms with Crippen molar-refractivity contribution >= 4 is 23.7 Å². The van der Waals surface area contributed by atoms with Gasteiger partial charge in [0.05, 0.1) is 14.2 Å². The van der Waals surface area contributed by atoms with Crippen molar-refractivity contribution in [2.75, 3.05) is 25.3 Å². The molecule has 0 aliphatic heterocycles. The molecule has 0 bridgehead atoms. The van der Waals surface area contributed by atoms with Crippen LogP contribution in [-0.4, -0.2) is 36.1 Å². The predicted octanol–water partition coefficient (Wildman–Crippen LogP) is 4.12. The molecule has 0 saturated heterocycles. The first-order valence-electron chi connectivity index (χ1n) is 8.24. The number of benzene rings is 2. The van der Waals surface area contributed by atoms with E-state index in [0.717, 1.165) is 10.6 Å². The van der Waals surface area contributed by atoms with Crippen LogP contribution in [0.2, 0.25) is 0 Å². The number of carbonyl (C=O) groups is 1. The topological polar surface area (TPSA) is 86.5 Å². The van der Waals surface area contributed by atoms with Crippen molar-refractivity contribution in [3.05, 3.63) is 48.0 Å². The molecule has 2 aromatic carbocycles. The Morgan fingerprint density at radius 3 is 2.33 bits per heavy atom. The fourth-order valence-corrected chi connectivity index (χ4v) is 3.02. The number of amides is 1. The van der Waals surface area contributed by atoms with E-state index in [0.29, 0.717) is 22.6 Å². The van der Waals surface area contributed by atoms with E-state index in [4.69, 9.17) is 13.9 Å². The number of hydrogen-bond acceptors (Lipinski definition) is 7. The summed E-state index contributed by atoms with van der Waals surface area (Å²) < 4.78 is 16.0. The number of nitrogens with zero attached hydrogens (tertiary/aromatic N) is 2. The third kappa shape index (κ3) is 4.59. The van der Waals surface area contributed by atoms with Gasteiger partial charge in [-0.2, -0.15) is 0 Å². The molecule has 0 unspecified atom stereocenters. The number of aromatic nitrogens is 2. The summed E-state index contributed by atoms with van der Waals surface area (Å²) in [5, 5.41) is 10.5. The number of thioether (sulfide) groups is 1. The summed E-state index contributed by atoms with van der Waals surface area (Å²) in [5.41, 5.74) is 1.14. The lowest BCUT2D eigenvalue weighted by atomic mass is 10.2. The van der Waals surface area contributed by atoms with Gasteiger partial charge >= 0.3 is 6.01 Å². The second kappa shape index (κ2) is 8.59. The number of carbonyl (C=O) groups excluding carboxylic acids is 1. The minimum Gasteiger partial charge on any atom is -0.497 e. The molecule has 0 saturated carbocycles. The standard InChI is InChI=1S/C19H19N3O4S/c1-4-27-16-7-5-12(6-8-16)17(23)20-19-22-21-18(26-19)13-9-14(24-2)11-15(10-13)25-3/h5-11H,4H2,1-3H3,(H,20,22,23). The maximum absolute atomic E-state index is 12.3. The molecule has 1 aromatic heterocycles. The summed E-state index contributed by atoms with van der Waals surface area (Å²) >= 11 is 1.71. The first kappa shape index (κ1) is 18.8. The molecule has 0 fully saturated rings. The van der Waals surface area contributed by atoms with Crippen LogP contribution < -0.4 is 14.8 Å². The monoisotopic (exact) mass is 385 g/mol. The Hall–Kier alpha value is -3.00. The van der Waals surface area contributed by atoms with Crippen molar-refractivity contribution in [1.82, 2.24) is 10.2 Å². The van der Waals surface area contributed by atoms with E-state index >= 15 is 0 Å². The maximum Gasteiger partial charge on any atom is 0.322 e. The van der Waals surface area contributed by atoms with Crippen molar-refractivity contribution in [3.63, 3.8) is 0 Å². The van der Waals surface area contributed by atoms with E-state index in [1.54, 1.807) is 56.3 Å². The summed E-state index contributed by atoms with van der Waals surface area (Å²) in [4.78, 5) is 13.5. The number of rotatable bonds is 7. The second-order valence-electron chi connectivity index (χ2n) is 5.43. The Morgan fingerprint density at radius 2 is 1.74 bits per heavy atom. The average Bonchev–Trinajstić information content (AvgIpc) is 3.16. The van der Waals surface area contributed by atoms with Gasteiger partial charge in [0.1, 0.15) is 11.5 Å². The van der Waals surface area contributed by atoms with Crippen LogP contribution in [0.3, 0.4) is 0 Å². The van der Waals surface area contributed by atoms with Gasteiger partial charge in [0.25, 0.3) is 5.91 Å². The predicted molar refractivity (Wildman–Crippen MR) is 104 cm³/mol. The van der Waals surface area contributed by atoms with E-state index in [9.17, 15) is 4.79 Å². The molecule has 8 heteroatoms. The van der Waals surface area contributed by atoms with Gasteiger partial charge in [-0.25, -0.2) is 0 Å². The average molecular weight is 385 g/mol. The number of ether oxygens (including phenoxy) is 2. The van der Waals surface area contributed by atoms with Crippen molar-refractivity contribution in [1.29, 1.82) is 0 Å². The lowest BCUT2D eigenvalue weighted by Gasteiger charge is -2.05. The smallest absolute Gasteiger partial charge is 0.322 e. The highest BCUT2D eigenvalue weighted by Crippen LogP contribution is 2.29. The zero-order valence-corrected chi connectivity index (χ0v) is 16.0. The van der Waals surface area contributed by atoms with Gasteiger partial charge in [0, 0.05) is 22.1 Å². The van der Waals surface area contributed by atoms with E-state index in [2.05, 4.69) is 22.4 Å². The molecule has 140 valence electrons. The fraction of sp³-hybridized carbons (Fsp3) is 0.211. The highest BCUT2D eigenvalue weighted by atomic mass is 32.2. The van der Waals surface area contributed by atoms with Crippen LogP contribution in [0.15, 0.2) is 51.8 Å². The van der Waals surface area contributed by atoms with Crippen LogP contribution in [0.1, 0.15) is 17.3 Å². The molecule has 27 heavy (non-hydrogen) atoms. The molecule has 3 rings (SSSR count). The fourth-order valence-electron chi connectivity index (χ4n) is 2.36. The van der Waals surface area contributed by atoms with Gasteiger partial charge in [-0.1, -0.05) is 12.0 Å². The minimum atomic E-state index is -0.318. The lowest BCUT2D eigenvalue weighted by molar-refractivity contribution is 0.102. The van der Waals surface area contributed by atoms with E-state index in [-0.39, 0.29) is 17.8 Å². The van der Waals surface area contributed by atoms with E-state index in [1.165, 1.54) is 0 Å². The van der Waals surface area contributed by atoms with Crippen LogP contribution in [0.5, 0.6) is 11.5 Å². The third-order valence-electron chi connectivity index (χ3n) is 3.67. The zero-order chi connectivity index (χ0) is 19.2. The second-order valence-corrected chi connectivity index (χ2v) is 6.76. The molecular weight excluding hydrogens is 366 g/mol. The lowest BCUT2D eigenvalue weighted by Crippen LogP contribution is -2.11. The number of methoxy groups -OCH3 is 2. The number of anilines is 1. The molecule has 0 radical (unpaired) electrons. The third-order valence-corrected chi connectivity index (χ3v) is 4.57. The summed E-state index contributed by atoms with van der Waals surface area (Å²) in [6, 6.07) is 12.6. The van der Waals surface area contributed by atoms with Crippen molar-refractivity contribution in [2.45, 2.75) is 11.8 Å². The van der Waals surface area contributed by atoms with E-state index < -0.39 is 0 Å². The van der Waals surface area contributed by atoms with Crippen LogP contribution in [0.25, 0.3) is 11.5 Å². The zero-order valence-electron chi connectivity index (χ0n) is 15.2. The van der Waals surface area contributed by atoms with Crippen molar-refractivity contribution in [3.8, 4) is 23.0 Å². The molecule has 1 amide bonds. The summed E-state index contributed by atoms with van der Waals surface area (Å²) in [7, 11) is 3.12.